The normalized spacial score (nSPS) is 61.0. The van der Waals surface area contributed by atoms with Gasteiger partial charge in [0.25, 0.3) is 0 Å². The van der Waals surface area contributed by atoms with Crippen LogP contribution in [0.2, 0.25) is 0 Å². The summed E-state index contributed by atoms with van der Waals surface area (Å²) in [6.07, 6.45) is 9.07. The highest BCUT2D eigenvalue weighted by Crippen LogP contribution is 2.71. The molecule has 6 fully saturated rings. The average molecular weight is 477 g/mol. The highest BCUT2D eigenvalue weighted by molar-refractivity contribution is 5.17. The second kappa shape index (κ2) is 8.15. The molecule has 5 nitrogen and oxygen atoms in total. The Bertz CT molecular complexity index is 778. The van der Waals surface area contributed by atoms with Crippen molar-refractivity contribution in [1.82, 2.24) is 0 Å². The molecule has 0 aromatic heterocycles. The molecule has 1 N–H and O–H groups in total. The molecule has 0 bridgehead atoms. The van der Waals surface area contributed by atoms with E-state index < -0.39 is 0 Å². The van der Waals surface area contributed by atoms with E-state index in [-0.39, 0.29) is 29.5 Å². The quantitative estimate of drug-likeness (QED) is 0.605. The van der Waals surface area contributed by atoms with E-state index in [0.29, 0.717) is 52.9 Å². The van der Waals surface area contributed by atoms with Crippen molar-refractivity contribution in [2.45, 2.75) is 109 Å². The van der Waals surface area contributed by atoms with Crippen LogP contribution in [0.25, 0.3) is 0 Å². The molecule has 0 aromatic rings. The smallest absolute Gasteiger partial charge is 0.171 e. The second-order valence-electron chi connectivity index (χ2n) is 13.8. The molecule has 0 unspecified atom stereocenters. The van der Waals surface area contributed by atoms with Crippen LogP contribution >= 0.6 is 0 Å². The predicted octanol–water partition coefficient (Wildman–Crippen LogP) is 5.04. The Morgan fingerprint density at radius 2 is 1.62 bits per heavy atom. The minimum absolute atomic E-state index is 0.0529. The Hall–Kier alpha value is -0.200. The third-order valence-electron chi connectivity index (χ3n) is 12.5. The summed E-state index contributed by atoms with van der Waals surface area (Å²) in [5, 5.41) is 10.8. The third-order valence-corrected chi connectivity index (χ3v) is 12.5. The lowest BCUT2D eigenvalue weighted by molar-refractivity contribution is -0.274. The Morgan fingerprint density at radius 1 is 0.853 bits per heavy atom. The van der Waals surface area contributed by atoms with E-state index in [9.17, 15) is 5.11 Å². The van der Waals surface area contributed by atoms with Crippen LogP contribution in [-0.4, -0.2) is 56.1 Å². The zero-order chi connectivity index (χ0) is 24.0. The summed E-state index contributed by atoms with van der Waals surface area (Å²) in [4.78, 5) is 0. The lowest BCUT2D eigenvalue weighted by Crippen LogP contribution is -2.61. The second-order valence-corrected chi connectivity index (χ2v) is 13.8. The largest absolute Gasteiger partial charge is 0.390 e. The minimum atomic E-state index is -0.374. The number of fused-ring (bicyclic) bond motifs is 7. The van der Waals surface area contributed by atoms with Crippen LogP contribution in [0.15, 0.2) is 0 Å². The fourth-order valence-corrected chi connectivity index (χ4v) is 10.8. The summed E-state index contributed by atoms with van der Waals surface area (Å²) in [6, 6.07) is 0. The van der Waals surface area contributed by atoms with Crippen molar-refractivity contribution in [1.29, 1.82) is 0 Å². The predicted molar refractivity (Wildman–Crippen MR) is 130 cm³/mol. The topological polar surface area (TPSA) is 57.2 Å². The van der Waals surface area contributed by atoms with E-state index in [1.54, 1.807) is 7.11 Å². The lowest BCUT2D eigenvalue weighted by Gasteiger charge is -2.63. The van der Waals surface area contributed by atoms with Gasteiger partial charge in [0.05, 0.1) is 31.0 Å². The minimum Gasteiger partial charge on any atom is -0.390 e. The monoisotopic (exact) mass is 476 g/mol. The number of methoxy groups -OCH3 is 2. The highest BCUT2D eigenvalue weighted by atomic mass is 16.7. The molecule has 1 spiro atoms. The maximum Gasteiger partial charge on any atom is 0.171 e. The van der Waals surface area contributed by atoms with Crippen LogP contribution in [0.1, 0.15) is 79.1 Å². The number of hydrogen-bond acceptors (Lipinski definition) is 5. The molecule has 0 amide bonds. The van der Waals surface area contributed by atoms with Crippen LogP contribution in [0.5, 0.6) is 0 Å². The molecule has 14 atom stereocenters. The van der Waals surface area contributed by atoms with Crippen molar-refractivity contribution in [3.63, 3.8) is 0 Å². The molecule has 34 heavy (non-hydrogen) atoms. The molecule has 194 valence electrons. The Balaban J connectivity index is 1.29. The summed E-state index contributed by atoms with van der Waals surface area (Å²) in [7, 11) is 3.66. The maximum atomic E-state index is 10.8. The fraction of sp³-hybridized carbons (Fsp3) is 1.00. The molecule has 0 radical (unpaired) electrons. The van der Waals surface area contributed by atoms with Crippen LogP contribution in [0, 0.1) is 52.3 Å². The van der Waals surface area contributed by atoms with E-state index in [2.05, 4.69) is 27.7 Å². The average Bonchev–Trinajstić information content (AvgIpc) is 3.26. The first kappa shape index (κ1) is 24.2. The number of aliphatic hydroxyl groups excluding tert-OH is 1. The fourth-order valence-electron chi connectivity index (χ4n) is 10.8. The van der Waals surface area contributed by atoms with E-state index in [1.807, 2.05) is 7.11 Å². The van der Waals surface area contributed by atoms with Crippen molar-refractivity contribution in [2.75, 3.05) is 20.8 Å². The summed E-state index contributed by atoms with van der Waals surface area (Å²) >= 11 is 0. The number of hydrogen-bond donors (Lipinski definition) is 1. The van der Waals surface area contributed by atoms with Gasteiger partial charge in [-0.2, -0.15) is 0 Å². The Kier molecular flexibility index (Phi) is 5.79. The Morgan fingerprint density at radius 3 is 2.29 bits per heavy atom. The van der Waals surface area contributed by atoms with Crippen molar-refractivity contribution in [3.8, 4) is 0 Å². The first-order chi connectivity index (χ1) is 16.2. The molecule has 2 heterocycles. The molecule has 2 saturated heterocycles. The number of aliphatic hydroxyl groups is 1. The zero-order valence-electron chi connectivity index (χ0n) is 22.3. The van der Waals surface area contributed by atoms with Gasteiger partial charge in [0.15, 0.2) is 5.79 Å². The van der Waals surface area contributed by atoms with Gasteiger partial charge in [-0.1, -0.05) is 27.7 Å². The van der Waals surface area contributed by atoms with Crippen molar-refractivity contribution >= 4 is 0 Å². The van der Waals surface area contributed by atoms with Crippen LogP contribution in [0.3, 0.4) is 0 Å². The molecule has 6 aliphatic rings. The van der Waals surface area contributed by atoms with Gasteiger partial charge in [0, 0.05) is 26.6 Å². The highest BCUT2D eigenvalue weighted by Gasteiger charge is 2.70. The standard InChI is InChI=1S/C29H48O5/c1-16-7-10-29(33-15-16)17(2)26-24(34-29)13-20-18-11-23(31-5)21-12-22(30)25(32-6)14-28(21,4)19(18)8-9-27(20,26)3/h16-26,30H,7-15H2,1-6H3/t16-,17+,18-,19+,20+,21-,22-,23-,24+,25-,26+,27+,28-,29-/m1/s1. The van der Waals surface area contributed by atoms with Crippen LogP contribution in [-0.2, 0) is 18.9 Å². The SMILES string of the molecule is CO[C@@H]1C[C@@]2(C)[C@H](C[C@H]1O)[C@H](OC)C[C@@H]1[C@@H]2CC[C@]2(C)[C@@H]3[C@H](C[C@@H]12)O[C@]1(CC[C@@H](C)CO1)[C@H]3C. The van der Waals surface area contributed by atoms with Gasteiger partial charge in [-0.05, 0) is 91.3 Å². The first-order valence-corrected chi connectivity index (χ1v) is 14.2. The van der Waals surface area contributed by atoms with Gasteiger partial charge in [-0.15, -0.1) is 0 Å². The molecule has 0 aromatic carbocycles. The number of rotatable bonds is 2. The summed E-state index contributed by atoms with van der Waals surface area (Å²) < 4.78 is 25.4. The molecular formula is C29H48O5. The molecule has 4 saturated carbocycles. The summed E-state index contributed by atoms with van der Waals surface area (Å²) in [6.45, 7) is 10.7. The van der Waals surface area contributed by atoms with Crippen molar-refractivity contribution in [3.05, 3.63) is 0 Å². The van der Waals surface area contributed by atoms with Crippen LogP contribution < -0.4 is 0 Å². The third kappa shape index (κ3) is 3.15. The molecule has 5 heteroatoms. The van der Waals surface area contributed by atoms with E-state index in [1.165, 1.54) is 25.7 Å². The zero-order valence-corrected chi connectivity index (χ0v) is 22.3. The van der Waals surface area contributed by atoms with Gasteiger partial charge in [-0.25, -0.2) is 0 Å². The summed E-state index contributed by atoms with van der Waals surface area (Å²) in [5.41, 5.74) is 0.482. The lowest BCUT2D eigenvalue weighted by atomic mass is 9.43. The maximum absolute atomic E-state index is 10.8. The molecule has 6 rings (SSSR count). The van der Waals surface area contributed by atoms with Crippen molar-refractivity contribution < 1.29 is 24.1 Å². The summed E-state index contributed by atoms with van der Waals surface area (Å²) in [5.74, 6) is 3.82. The number of ether oxygens (including phenoxy) is 4. The van der Waals surface area contributed by atoms with Gasteiger partial charge in [-0.3, -0.25) is 0 Å². The van der Waals surface area contributed by atoms with Gasteiger partial charge < -0.3 is 24.1 Å². The van der Waals surface area contributed by atoms with Crippen molar-refractivity contribution in [2.24, 2.45) is 52.3 Å². The van der Waals surface area contributed by atoms with Gasteiger partial charge in [0.2, 0.25) is 0 Å². The molecular weight excluding hydrogens is 428 g/mol. The van der Waals surface area contributed by atoms with Gasteiger partial charge in [0.1, 0.15) is 0 Å². The Labute approximate surface area is 206 Å². The van der Waals surface area contributed by atoms with Gasteiger partial charge >= 0.3 is 0 Å². The van der Waals surface area contributed by atoms with Crippen LogP contribution in [0.4, 0.5) is 0 Å². The van der Waals surface area contributed by atoms with E-state index in [0.717, 1.165) is 32.3 Å². The first-order valence-electron chi connectivity index (χ1n) is 14.2. The van der Waals surface area contributed by atoms with E-state index >= 15 is 0 Å². The molecule has 4 aliphatic carbocycles. The molecule has 2 aliphatic heterocycles. The van der Waals surface area contributed by atoms with E-state index in [4.69, 9.17) is 18.9 Å².